The maximum absolute atomic E-state index is 11.4. The fraction of sp³-hybridized carbons (Fsp3) is 0.286. The van der Waals surface area contributed by atoms with Crippen LogP contribution < -0.4 is 9.46 Å². The number of hydrogen-bond acceptors (Lipinski definition) is 3. The van der Waals surface area contributed by atoms with Crippen LogP contribution in [0, 0.1) is 11.3 Å². The fourth-order valence-electron chi connectivity index (χ4n) is 3.32. The molecule has 1 heterocycles. The molecular weight excluding hydrogens is 358 g/mol. The molecule has 0 saturated heterocycles. The minimum atomic E-state index is -1.12. The zero-order valence-corrected chi connectivity index (χ0v) is 16.6. The zero-order valence-electron chi connectivity index (χ0n) is 15.8. The predicted octanol–water partition coefficient (Wildman–Crippen LogP) is 4.69. The summed E-state index contributed by atoms with van der Waals surface area (Å²) in [5, 5.41) is 10.8. The second-order valence-electron chi connectivity index (χ2n) is 6.23. The topological polar surface area (TPSA) is 67.0 Å². The largest absolute Gasteiger partial charge is 0.494 e. The molecule has 27 heavy (non-hydrogen) atoms. The van der Waals surface area contributed by atoms with Crippen molar-refractivity contribution in [3.05, 3.63) is 48.0 Å². The van der Waals surface area contributed by atoms with E-state index in [4.69, 9.17) is 4.74 Å². The van der Waals surface area contributed by atoms with Gasteiger partial charge in [-0.05, 0) is 43.2 Å². The highest BCUT2D eigenvalue weighted by atomic mass is 32.2. The summed E-state index contributed by atoms with van der Waals surface area (Å²) in [6.07, 6.45) is 2.55. The first-order chi connectivity index (χ1) is 13.1. The van der Waals surface area contributed by atoms with E-state index in [1.165, 1.54) is 0 Å². The molecule has 0 bridgehead atoms. The minimum absolute atomic E-state index is 0.602. The summed E-state index contributed by atoms with van der Waals surface area (Å²) in [5.74, 6) is 0.806. The molecule has 0 aliphatic heterocycles. The van der Waals surface area contributed by atoms with E-state index >= 15 is 0 Å². The Balaban J connectivity index is 2.19. The quantitative estimate of drug-likeness (QED) is 0.645. The highest BCUT2D eigenvalue weighted by molar-refractivity contribution is 7.85. The number of anilines is 1. The van der Waals surface area contributed by atoms with Crippen LogP contribution >= 0.6 is 0 Å². The second-order valence-corrected chi connectivity index (χ2v) is 7.34. The predicted molar refractivity (Wildman–Crippen MR) is 111 cm³/mol. The first-order valence-corrected chi connectivity index (χ1v) is 10.5. The molecule has 0 radical (unpaired) electrons. The Hall–Kier alpha value is -2.78. The fourth-order valence-corrected chi connectivity index (χ4v) is 3.78. The first-order valence-electron chi connectivity index (χ1n) is 8.98. The van der Waals surface area contributed by atoms with Crippen LogP contribution in [0.25, 0.3) is 22.2 Å². The molecule has 6 heteroatoms. The van der Waals surface area contributed by atoms with Crippen molar-refractivity contribution in [1.29, 1.82) is 5.26 Å². The van der Waals surface area contributed by atoms with Gasteiger partial charge < -0.3 is 14.0 Å². The molecular formula is C21H23N3O2S. The molecule has 5 nitrogen and oxygen atoms in total. The van der Waals surface area contributed by atoms with Gasteiger partial charge in [-0.3, -0.25) is 0 Å². The van der Waals surface area contributed by atoms with Gasteiger partial charge in [-0.15, -0.1) is 0 Å². The number of aromatic nitrogens is 1. The molecule has 1 unspecified atom stereocenters. The second kappa shape index (κ2) is 8.28. The van der Waals surface area contributed by atoms with Crippen molar-refractivity contribution in [2.45, 2.75) is 26.8 Å². The molecule has 2 aromatic carbocycles. The highest BCUT2D eigenvalue weighted by Gasteiger charge is 2.19. The van der Waals surface area contributed by atoms with Gasteiger partial charge in [0.25, 0.3) is 0 Å². The Morgan fingerprint density at radius 2 is 1.93 bits per heavy atom. The molecule has 1 aromatic heterocycles. The van der Waals surface area contributed by atoms with Gasteiger partial charge in [0.1, 0.15) is 22.8 Å². The van der Waals surface area contributed by atoms with Gasteiger partial charge in [0.2, 0.25) is 0 Å². The van der Waals surface area contributed by atoms with Crippen LogP contribution in [-0.2, 0) is 17.5 Å². The molecule has 1 atom stereocenters. The molecule has 1 N–H and O–H groups in total. The van der Waals surface area contributed by atoms with Crippen LogP contribution in [0.1, 0.15) is 25.8 Å². The van der Waals surface area contributed by atoms with Crippen molar-refractivity contribution < 1.29 is 8.95 Å². The van der Waals surface area contributed by atoms with Crippen molar-refractivity contribution in [3.63, 3.8) is 0 Å². The molecule has 0 aliphatic carbocycles. The molecule has 3 aromatic rings. The number of hydrogen-bond donors (Lipinski definition) is 1. The summed E-state index contributed by atoms with van der Waals surface area (Å²) in [7, 11) is -1.12. The number of ether oxygens (including phenoxy) is 1. The van der Waals surface area contributed by atoms with E-state index in [2.05, 4.69) is 22.3 Å². The molecule has 0 spiro atoms. The maximum Gasteiger partial charge on any atom is 0.121 e. The van der Waals surface area contributed by atoms with Crippen LogP contribution in [0.15, 0.2) is 42.5 Å². The van der Waals surface area contributed by atoms with Gasteiger partial charge >= 0.3 is 0 Å². The number of nitrogens with one attached hydrogen (secondary N) is 1. The van der Waals surface area contributed by atoms with Crippen LogP contribution in [-0.4, -0.2) is 21.6 Å². The number of fused-ring (bicyclic) bond motifs is 1. The first kappa shape index (κ1) is 19.0. The molecule has 0 saturated carbocycles. The van der Waals surface area contributed by atoms with Crippen molar-refractivity contribution in [2.24, 2.45) is 0 Å². The Morgan fingerprint density at radius 1 is 1.19 bits per heavy atom. The van der Waals surface area contributed by atoms with Gasteiger partial charge in [0.05, 0.1) is 23.4 Å². The van der Waals surface area contributed by atoms with Crippen LogP contribution in [0.4, 0.5) is 5.69 Å². The van der Waals surface area contributed by atoms with Crippen LogP contribution in [0.5, 0.6) is 5.75 Å². The van der Waals surface area contributed by atoms with E-state index in [0.717, 1.165) is 46.6 Å². The van der Waals surface area contributed by atoms with Gasteiger partial charge in [-0.2, -0.15) is 5.26 Å². The lowest BCUT2D eigenvalue weighted by atomic mass is 10.1. The van der Waals surface area contributed by atoms with Crippen molar-refractivity contribution in [3.8, 4) is 23.1 Å². The lowest BCUT2D eigenvalue weighted by Crippen LogP contribution is -2.02. The average molecular weight is 382 g/mol. The van der Waals surface area contributed by atoms with E-state index < -0.39 is 11.0 Å². The number of benzene rings is 2. The van der Waals surface area contributed by atoms with Crippen LogP contribution in [0.2, 0.25) is 0 Å². The monoisotopic (exact) mass is 381 g/mol. The Bertz CT molecular complexity index is 1020. The molecule has 0 aliphatic rings. The average Bonchev–Trinajstić information content (AvgIpc) is 2.95. The van der Waals surface area contributed by atoms with E-state index in [-0.39, 0.29) is 0 Å². The maximum atomic E-state index is 11.4. The highest BCUT2D eigenvalue weighted by Crippen LogP contribution is 2.36. The van der Waals surface area contributed by atoms with Crippen molar-refractivity contribution in [2.75, 3.05) is 17.6 Å². The normalized spacial score (nSPS) is 11.9. The van der Waals surface area contributed by atoms with Gasteiger partial charge in [-0.1, -0.05) is 19.1 Å². The van der Waals surface area contributed by atoms with Gasteiger partial charge in [-0.25, -0.2) is 4.21 Å². The van der Waals surface area contributed by atoms with E-state index in [1.807, 2.05) is 49.4 Å². The number of rotatable bonds is 7. The summed E-state index contributed by atoms with van der Waals surface area (Å²) in [6, 6.07) is 16.0. The number of nitriles is 1. The lowest BCUT2D eigenvalue weighted by Gasteiger charge is -2.11. The summed E-state index contributed by atoms with van der Waals surface area (Å²) >= 11 is 0. The summed E-state index contributed by atoms with van der Waals surface area (Å²) < 4.78 is 22.1. The molecule has 0 fully saturated rings. The number of nitrogens with zero attached hydrogens (tertiary/aromatic N) is 2. The standard InChI is InChI=1S/C21H23N3O2S/c1-4-12-24-20-13-17(26-5-2)10-11-18(20)19(14-22)21(24)15-6-8-16(9-7-15)23-27(3)25/h6-11,13,23H,4-5,12H2,1-3H3. The SMILES string of the molecule is CCCn1c(-c2ccc(NS(C)=O)cc2)c(C#N)c2ccc(OCC)cc21. The number of aryl methyl sites for hydroxylation is 1. The smallest absolute Gasteiger partial charge is 0.121 e. The van der Waals surface area contributed by atoms with Crippen molar-refractivity contribution in [1.82, 2.24) is 4.57 Å². The Kier molecular flexibility index (Phi) is 5.82. The third kappa shape index (κ3) is 3.83. The summed E-state index contributed by atoms with van der Waals surface area (Å²) in [5.41, 5.74) is 4.33. The van der Waals surface area contributed by atoms with Crippen LogP contribution in [0.3, 0.4) is 0 Å². The third-order valence-electron chi connectivity index (χ3n) is 4.33. The lowest BCUT2D eigenvalue weighted by molar-refractivity contribution is 0.340. The molecule has 3 rings (SSSR count). The van der Waals surface area contributed by atoms with Crippen molar-refractivity contribution >= 4 is 27.6 Å². The zero-order chi connectivity index (χ0) is 19.4. The minimum Gasteiger partial charge on any atom is -0.494 e. The van der Waals surface area contributed by atoms with E-state index in [9.17, 15) is 9.47 Å². The van der Waals surface area contributed by atoms with E-state index in [0.29, 0.717) is 12.2 Å². The van der Waals surface area contributed by atoms with E-state index in [1.54, 1.807) is 6.26 Å². The molecule has 0 amide bonds. The summed E-state index contributed by atoms with van der Waals surface area (Å²) in [6.45, 7) is 5.49. The van der Waals surface area contributed by atoms with Gasteiger partial charge in [0, 0.05) is 29.9 Å². The van der Waals surface area contributed by atoms with Gasteiger partial charge in [0.15, 0.2) is 0 Å². The Labute approximate surface area is 162 Å². The third-order valence-corrected chi connectivity index (χ3v) is 4.85. The molecule has 140 valence electrons. The Morgan fingerprint density at radius 3 is 2.52 bits per heavy atom. The summed E-state index contributed by atoms with van der Waals surface area (Å²) in [4.78, 5) is 0.